The van der Waals surface area contributed by atoms with Crippen molar-refractivity contribution < 1.29 is 14.9 Å². The van der Waals surface area contributed by atoms with Gasteiger partial charge in [0.1, 0.15) is 11.2 Å². The standard InChI is InChI=1S/C40H58O3/c1-29(17-13-19-31(3)21-22-36-33(5)25-34(41)26-37(36,6)7)15-11-12-16-30(2)18-14-20-32(4)23-24-40-38(8,9)27-35(42)28-39(40,10)43-40/h11-24,33-36,41-42H,25-28H2,1-10H3/b12-11+,17-13+,18-14+,22-21?,24-23+,29-15+,30-16+,31-19+,32-20-/t33-,34+,35-,36?,39+,40-/m0/s1. The van der Waals surface area contributed by atoms with Crippen molar-refractivity contribution in [3.63, 3.8) is 0 Å². The molecule has 0 spiro atoms. The number of rotatable bonds is 10. The summed E-state index contributed by atoms with van der Waals surface area (Å²) in [5, 5.41) is 20.4. The first kappa shape index (κ1) is 35.0. The highest BCUT2D eigenvalue weighted by molar-refractivity contribution is 5.37. The van der Waals surface area contributed by atoms with Crippen LogP contribution in [0.25, 0.3) is 0 Å². The van der Waals surface area contributed by atoms with Gasteiger partial charge in [0, 0.05) is 11.8 Å². The van der Waals surface area contributed by atoms with Crippen molar-refractivity contribution in [1.29, 1.82) is 0 Å². The van der Waals surface area contributed by atoms with Gasteiger partial charge in [0.15, 0.2) is 0 Å². The second kappa shape index (κ2) is 14.1. The van der Waals surface area contributed by atoms with Crippen LogP contribution in [-0.2, 0) is 4.74 Å². The summed E-state index contributed by atoms with van der Waals surface area (Å²) in [5.41, 5.74) is 4.25. The molecule has 0 aromatic carbocycles. The Bertz CT molecular complexity index is 1260. The molecule has 236 valence electrons. The zero-order valence-corrected chi connectivity index (χ0v) is 28.5. The highest BCUT2D eigenvalue weighted by Crippen LogP contribution is 2.66. The second-order valence-corrected chi connectivity index (χ2v) is 15.0. The van der Waals surface area contributed by atoms with E-state index in [1.807, 2.05) is 0 Å². The average Bonchev–Trinajstić information content (AvgIpc) is 3.49. The van der Waals surface area contributed by atoms with Gasteiger partial charge in [0.25, 0.3) is 0 Å². The molecule has 3 rings (SSSR count). The van der Waals surface area contributed by atoms with E-state index in [9.17, 15) is 10.2 Å². The van der Waals surface area contributed by atoms with Gasteiger partial charge in [-0.05, 0) is 77.2 Å². The Labute approximate surface area is 262 Å². The van der Waals surface area contributed by atoms with Crippen LogP contribution in [-0.4, -0.2) is 33.6 Å². The summed E-state index contributed by atoms with van der Waals surface area (Å²) < 4.78 is 6.25. The summed E-state index contributed by atoms with van der Waals surface area (Å²) in [5.74, 6) is 0.976. The second-order valence-electron chi connectivity index (χ2n) is 15.0. The summed E-state index contributed by atoms with van der Waals surface area (Å²) in [7, 11) is 0. The molecule has 0 aromatic rings. The summed E-state index contributed by atoms with van der Waals surface area (Å²) in [4.78, 5) is 0. The maximum Gasteiger partial charge on any atom is 0.121 e. The zero-order valence-electron chi connectivity index (χ0n) is 28.5. The number of ether oxygens (including phenoxy) is 1. The van der Waals surface area contributed by atoms with Crippen LogP contribution in [0.4, 0.5) is 0 Å². The van der Waals surface area contributed by atoms with E-state index in [0.717, 1.165) is 19.3 Å². The van der Waals surface area contributed by atoms with Gasteiger partial charge in [-0.25, -0.2) is 0 Å². The van der Waals surface area contributed by atoms with Crippen LogP contribution in [0.5, 0.6) is 0 Å². The molecule has 1 heterocycles. The van der Waals surface area contributed by atoms with Gasteiger partial charge in [-0.1, -0.05) is 136 Å². The van der Waals surface area contributed by atoms with Crippen molar-refractivity contribution in [2.75, 3.05) is 0 Å². The molecule has 1 aliphatic heterocycles. The average molecular weight is 587 g/mol. The summed E-state index contributed by atoms with van der Waals surface area (Å²) in [6.45, 7) is 21.8. The highest BCUT2D eigenvalue weighted by Gasteiger charge is 2.74. The fraction of sp³-hybridized carbons (Fsp3) is 0.550. The molecule has 43 heavy (non-hydrogen) atoms. The molecule has 2 saturated carbocycles. The SMILES string of the molecule is CC(=C/C=C/C(C)=C/C=C/C=C(C)/C=C/C=C(\C)C=CC1[C@@H](C)C[C@@H](O)CC1(C)C)/C=C/[C@@]12O[C@]1(C)C[C@@H](O)CC2(C)C. The van der Waals surface area contributed by atoms with Gasteiger partial charge in [-0.2, -0.15) is 0 Å². The van der Waals surface area contributed by atoms with Gasteiger partial charge in [-0.15, -0.1) is 0 Å². The number of hydrogen-bond donors (Lipinski definition) is 2. The van der Waals surface area contributed by atoms with Crippen molar-refractivity contribution in [1.82, 2.24) is 0 Å². The third-order valence-corrected chi connectivity index (χ3v) is 9.84. The minimum absolute atomic E-state index is 0.0926. The Hall–Kier alpha value is -2.46. The monoisotopic (exact) mass is 586 g/mol. The molecule has 2 aliphatic carbocycles. The van der Waals surface area contributed by atoms with Crippen LogP contribution >= 0.6 is 0 Å². The summed E-state index contributed by atoms with van der Waals surface area (Å²) in [6, 6.07) is 0. The quantitative estimate of drug-likeness (QED) is 0.198. The number of fused-ring (bicyclic) bond motifs is 1. The summed E-state index contributed by atoms with van der Waals surface area (Å²) >= 11 is 0. The first-order chi connectivity index (χ1) is 20.0. The van der Waals surface area contributed by atoms with E-state index in [1.165, 1.54) is 22.3 Å². The first-order valence-electron chi connectivity index (χ1n) is 16.2. The van der Waals surface area contributed by atoms with E-state index in [1.54, 1.807) is 0 Å². The Kier molecular flexibility index (Phi) is 11.5. The molecule has 0 aromatic heterocycles. The minimum atomic E-state index is -0.289. The Morgan fingerprint density at radius 3 is 1.70 bits per heavy atom. The maximum absolute atomic E-state index is 10.2. The molecule has 3 fully saturated rings. The molecule has 3 nitrogen and oxygen atoms in total. The molecular weight excluding hydrogens is 528 g/mol. The van der Waals surface area contributed by atoms with Crippen LogP contribution < -0.4 is 0 Å². The van der Waals surface area contributed by atoms with Crippen molar-refractivity contribution in [3.05, 3.63) is 107 Å². The van der Waals surface area contributed by atoms with Crippen molar-refractivity contribution >= 4 is 0 Å². The predicted molar refractivity (Wildman–Crippen MR) is 184 cm³/mol. The van der Waals surface area contributed by atoms with Crippen LogP contribution in [0.15, 0.2) is 107 Å². The summed E-state index contributed by atoms with van der Waals surface area (Å²) in [6.07, 6.45) is 32.8. The third kappa shape index (κ3) is 9.03. The van der Waals surface area contributed by atoms with Crippen LogP contribution in [0.3, 0.4) is 0 Å². The van der Waals surface area contributed by atoms with E-state index in [-0.39, 0.29) is 34.2 Å². The molecule has 0 amide bonds. The number of hydrogen-bond acceptors (Lipinski definition) is 3. The lowest BCUT2D eigenvalue weighted by molar-refractivity contribution is 0.00771. The molecule has 3 aliphatic rings. The van der Waals surface area contributed by atoms with Crippen molar-refractivity contribution in [3.8, 4) is 0 Å². The first-order valence-corrected chi connectivity index (χ1v) is 16.2. The number of aliphatic hydroxyl groups is 2. The van der Waals surface area contributed by atoms with Gasteiger partial charge in [-0.3, -0.25) is 0 Å². The maximum atomic E-state index is 10.2. The van der Waals surface area contributed by atoms with Crippen LogP contribution in [0.1, 0.15) is 94.9 Å². The number of aliphatic hydroxyl groups excluding tert-OH is 2. The van der Waals surface area contributed by atoms with Crippen molar-refractivity contribution in [2.24, 2.45) is 22.7 Å². The topological polar surface area (TPSA) is 53.0 Å². The molecule has 1 saturated heterocycles. The lowest BCUT2D eigenvalue weighted by Gasteiger charge is -2.43. The Morgan fingerprint density at radius 1 is 0.651 bits per heavy atom. The molecule has 1 unspecified atom stereocenters. The molecular formula is C40H58O3. The van der Waals surface area contributed by atoms with Crippen LogP contribution in [0, 0.1) is 22.7 Å². The lowest BCUT2D eigenvalue weighted by Crippen LogP contribution is -2.46. The fourth-order valence-corrected chi connectivity index (χ4v) is 7.54. The van der Waals surface area contributed by atoms with Gasteiger partial charge in [0.2, 0.25) is 0 Å². The van der Waals surface area contributed by atoms with E-state index >= 15 is 0 Å². The number of epoxide rings is 1. The predicted octanol–water partition coefficient (Wildman–Crippen LogP) is 9.69. The molecule has 3 heteroatoms. The van der Waals surface area contributed by atoms with E-state index < -0.39 is 0 Å². The third-order valence-electron chi connectivity index (χ3n) is 9.84. The zero-order chi connectivity index (χ0) is 32.1. The Balaban J connectivity index is 1.48. The molecule has 0 radical (unpaired) electrons. The van der Waals surface area contributed by atoms with E-state index in [2.05, 4.69) is 154 Å². The van der Waals surface area contributed by atoms with Gasteiger partial charge in [0.05, 0.1) is 12.2 Å². The fourth-order valence-electron chi connectivity index (χ4n) is 7.54. The largest absolute Gasteiger partial charge is 0.393 e. The van der Waals surface area contributed by atoms with E-state index in [0.29, 0.717) is 18.3 Å². The molecule has 6 atom stereocenters. The van der Waals surface area contributed by atoms with Gasteiger partial charge >= 0.3 is 0 Å². The normalized spacial score (nSPS) is 35.6. The van der Waals surface area contributed by atoms with E-state index in [4.69, 9.17) is 4.74 Å². The number of allylic oxidation sites excluding steroid dienone is 17. The molecule has 0 bridgehead atoms. The molecule has 2 N–H and O–H groups in total. The van der Waals surface area contributed by atoms with Crippen LogP contribution in [0.2, 0.25) is 0 Å². The van der Waals surface area contributed by atoms with Gasteiger partial charge < -0.3 is 14.9 Å². The Morgan fingerprint density at radius 2 is 1.16 bits per heavy atom. The highest BCUT2D eigenvalue weighted by atomic mass is 16.6. The van der Waals surface area contributed by atoms with Crippen molar-refractivity contribution in [2.45, 2.75) is 118 Å². The lowest BCUT2D eigenvalue weighted by atomic mass is 9.63. The minimum Gasteiger partial charge on any atom is -0.393 e. The smallest absolute Gasteiger partial charge is 0.121 e.